The number of carbonyl (C=O) groups excluding carboxylic acids is 1. The van der Waals surface area contributed by atoms with Crippen molar-refractivity contribution in [2.24, 2.45) is 0 Å². The van der Waals surface area contributed by atoms with Crippen molar-refractivity contribution in [2.75, 3.05) is 7.11 Å². The van der Waals surface area contributed by atoms with E-state index in [-0.39, 0.29) is 11.2 Å². The summed E-state index contributed by atoms with van der Waals surface area (Å²) < 4.78 is 9.52. The van der Waals surface area contributed by atoms with Crippen molar-refractivity contribution < 1.29 is 14.1 Å². The molecule has 4 nitrogen and oxygen atoms in total. The number of hydrogen-bond donors (Lipinski definition) is 0. The first-order valence-corrected chi connectivity index (χ1v) is 6.08. The molecular weight excluding hydrogens is 242 g/mol. The van der Waals surface area contributed by atoms with Gasteiger partial charge in [-0.3, -0.25) is 0 Å². The van der Waals surface area contributed by atoms with Gasteiger partial charge in [-0.05, 0) is 11.0 Å². The second kappa shape index (κ2) is 4.88. The number of methoxy groups -OCH3 is 1. The van der Waals surface area contributed by atoms with Gasteiger partial charge in [-0.2, -0.15) is 0 Å². The van der Waals surface area contributed by atoms with Crippen LogP contribution in [0.15, 0.2) is 34.9 Å². The molecule has 0 bridgehead atoms. The number of benzene rings is 1. The number of esters is 1. The van der Waals surface area contributed by atoms with E-state index in [2.05, 4.69) is 42.8 Å². The molecule has 0 unspecified atom stereocenters. The maximum atomic E-state index is 11.3. The van der Waals surface area contributed by atoms with Crippen molar-refractivity contribution in [3.8, 4) is 11.3 Å². The minimum Gasteiger partial charge on any atom is -0.463 e. The number of aromatic nitrogens is 1. The minimum atomic E-state index is -0.523. The number of nitrogens with zero attached hydrogens (tertiary/aromatic N) is 1. The summed E-state index contributed by atoms with van der Waals surface area (Å²) in [6.07, 6.45) is 0. The summed E-state index contributed by atoms with van der Waals surface area (Å²) in [5, 5.41) is 3.87. The summed E-state index contributed by atoms with van der Waals surface area (Å²) >= 11 is 0. The predicted molar refractivity (Wildman–Crippen MR) is 72.0 cm³/mol. The monoisotopic (exact) mass is 259 g/mol. The minimum absolute atomic E-state index is 0.109. The Balaban J connectivity index is 2.28. The van der Waals surface area contributed by atoms with Gasteiger partial charge in [-0.15, -0.1) is 0 Å². The molecule has 4 heteroatoms. The molecule has 0 radical (unpaired) electrons. The van der Waals surface area contributed by atoms with Crippen LogP contribution in [0, 0.1) is 0 Å². The summed E-state index contributed by atoms with van der Waals surface area (Å²) in [5.74, 6) is -0.414. The Morgan fingerprint density at radius 1 is 1.21 bits per heavy atom. The van der Waals surface area contributed by atoms with Gasteiger partial charge in [0.25, 0.3) is 0 Å². The molecule has 100 valence electrons. The van der Waals surface area contributed by atoms with E-state index in [1.165, 1.54) is 12.7 Å². The number of rotatable bonds is 2. The van der Waals surface area contributed by atoms with Crippen LogP contribution in [0.4, 0.5) is 0 Å². The van der Waals surface area contributed by atoms with E-state index in [9.17, 15) is 4.79 Å². The van der Waals surface area contributed by atoms with E-state index in [1.54, 1.807) is 6.07 Å². The average molecular weight is 259 g/mol. The summed E-state index contributed by atoms with van der Waals surface area (Å²) in [5.41, 5.74) is 2.89. The molecule has 0 amide bonds. The molecule has 0 N–H and O–H groups in total. The van der Waals surface area contributed by atoms with Gasteiger partial charge in [0.15, 0.2) is 0 Å². The Hall–Kier alpha value is -2.10. The molecule has 0 saturated heterocycles. The van der Waals surface area contributed by atoms with Crippen LogP contribution in [-0.2, 0) is 10.2 Å². The van der Waals surface area contributed by atoms with Crippen LogP contribution in [0.25, 0.3) is 11.3 Å². The molecule has 0 fully saturated rings. The lowest BCUT2D eigenvalue weighted by atomic mass is 9.86. The lowest BCUT2D eigenvalue weighted by molar-refractivity contribution is 0.0554. The summed E-state index contributed by atoms with van der Waals surface area (Å²) in [6.45, 7) is 6.48. The van der Waals surface area contributed by atoms with E-state index in [4.69, 9.17) is 4.52 Å². The molecule has 0 saturated carbocycles. The van der Waals surface area contributed by atoms with E-state index < -0.39 is 5.97 Å². The van der Waals surface area contributed by atoms with Crippen LogP contribution in [0.3, 0.4) is 0 Å². The highest BCUT2D eigenvalue weighted by Crippen LogP contribution is 2.26. The fourth-order valence-corrected chi connectivity index (χ4v) is 1.75. The van der Waals surface area contributed by atoms with Crippen molar-refractivity contribution in [3.63, 3.8) is 0 Å². The van der Waals surface area contributed by atoms with Gasteiger partial charge >= 0.3 is 5.97 Å². The largest absolute Gasteiger partial charge is 0.463 e. The Morgan fingerprint density at radius 3 is 2.37 bits per heavy atom. The van der Waals surface area contributed by atoms with Crippen LogP contribution in [-0.4, -0.2) is 18.2 Å². The highest BCUT2D eigenvalue weighted by Gasteiger charge is 2.16. The molecule has 1 heterocycles. The Kier molecular flexibility index (Phi) is 3.42. The molecule has 0 aliphatic rings. The second-order valence-electron chi connectivity index (χ2n) is 5.40. The Labute approximate surface area is 112 Å². The smallest absolute Gasteiger partial charge is 0.376 e. The Morgan fingerprint density at radius 2 is 1.84 bits per heavy atom. The number of ether oxygens (including phenoxy) is 1. The SMILES string of the molecule is COC(=O)c1cc(-c2ccc(C(C)(C)C)cc2)no1. The third-order valence-electron chi connectivity index (χ3n) is 2.94. The molecule has 0 aliphatic carbocycles. The third-order valence-corrected chi connectivity index (χ3v) is 2.94. The maximum Gasteiger partial charge on any atom is 0.376 e. The molecule has 19 heavy (non-hydrogen) atoms. The fraction of sp³-hybridized carbons (Fsp3) is 0.333. The van der Waals surface area contributed by atoms with Crippen LogP contribution < -0.4 is 0 Å². The Bertz CT molecular complexity index is 576. The predicted octanol–water partition coefficient (Wildman–Crippen LogP) is 3.43. The van der Waals surface area contributed by atoms with Crippen LogP contribution >= 0.6 is 0 Å². The molecular formula is C15H17NO3. The lowest BCUT2D eigenvalue weighted by Crippen LogP contribution is -2.10. The topological polar surface area (TPSA) is 52.3 Å². The number of carbonyl (C=O) groups is 1. The normalized spacial score (nSPS) is 11.4. The quantitative estimate of drug-likeness (QED) is 0.775. The highest BCUT2D eigenvalue weighted by molar-refractivity contribution is 5.87. The zero-order chi connectivity index (χ0) is 14.0. The van der Waals surface area contributed by atoms with Crippen molar-refractivity contribution >= 4 is 5.97 Å². The average Bonchev–Trinajstić information content (AvgIpc) is 2.86. The fourth-order valence-electron chi connectivity index (χ4n) is 1.75. The molecule has 0 atom stereocenters. The molecule has 1 aromatic carbocycles. The lowest BCUT2D eigenvalue weighted by Gasteiger charge is -2.18. The van der Waals surface area contributed by atoms with Gasteiger partial charge in [-0.25, -0.2) is 4.79 Å². The van der Waals surface area contributed by atoms with Crippen LogP contribution in [0.2, 0.25) is 0 Å². The molecule has 1 aromatic heterocycles. The van der Waals surface area contributed by atoms with Gasteiger partial charge < -0.3 is 9.26 Å². The summed E-state index contributed by atoms with van der Waals surface area (Å²) in [7, 11) is 1.31. The summed E-state index contributed by atoms with van der Waals surface area (Å²) in [4.78, 5) is 11.3. The zero-order valence-corrected chi connectivity index (χ0v) is 11.6. The standard InChI is InChI=1S/C15H17NO3/c1-15(2,3)11-7-5-10(6-8-11)12-9-13(19-16-12)14(17)18-4/h5-9H,1-4H3. The van der Waals surface area contributed by atoms with Crippen molar-refractivity contribution in [1.82, 2.24) is 5.16 Å². The van der Waals surface area contributed by atoms with Gasteiger partial charge in [0, 0.05) is 11.6 Å². The first kappa shape index (κ1) is 13.3. The van der Waals surface area contributed by atoms with Crippen LogP contribution in [0.1, 0.15) is 36.9 Å². The first-order valence-electron chi connectivity index (χ1n) is 6.08. The van der Waals surface area contributed by atoms with Gasteiger partial charge in [0.05, 0.1) is 7.11 Å². The third kappa shape index (κ3) is 2.84. The highest BCUT2D eigenvalue weighted by atomic mass is 16.5. The van der Waals surface area contributed by atoms with Gasteiger partial charge in [0.2, 0.25) is 5.76 Å². The van der Waals surface area contributed by atoms with E-state index >= 15 is 0 Å². The zero-order valence-electron chi connectivity index (χ0n) is 11.6. The van der Waals surface area contributed by atoms with Gasteiger partial charge in [0.1, 0.15) is 5.69 Å². The molecule has 0 spiro atoms. The summed E-state index contributed by atoms with van der Waals surface area (Å²) in [6, 6.07) is 9.64. The van der Waals surface area contributed by atoms with E-state index in [0.29, 0.717) is 5.69 Å². The van der Waals surface area contributed by atoms with Crippen molar-refractivity contribution in [1.29, 1.82) is 0 Å². The molecule has 2 aromatic rings. The molecule has 2 rings (SSSR count). The molecule has 0 aliphatic heterocycles. The van der Waals surface area contributed by atoms with Crippen molar-refractivity contribution in [2.45, 2.75) is 26.2 Å². The van der Waals surface area contributed by atoms with Crippen molar-refractivity contribution in [3.05, 3.63) is 41.7 Å². The van der Waals surface area contributed by atoms with E-state index in [0.717, 1.165) is 5.56 Å². The number of hydrogen-bond acceptors (Lipinski definition) is 4. The van der Waals surface area contributed by atoms with Crippen LogP contribution in [0.5, 0.6) is 0 Å². The maximum absolute atomic E-state index is 11.3. The van der Waals surface area contributed by atoms with E-state index in [1.807, 2.05) is 12.1 Å². The first-order chi connectivity index (χ1) is 8.91. The van der Waals surface area contributed by atoms with Gasteiger partial charge in [-0.1, -0.05) is 50.2 Å². The second-order valence-corrected chi connectivity index (χ2v) is 5.40.